The van der Waals surface area contributed by atoms with Crippen LogP contribution in [-0.4, -0.2) is 82.1 Å². The number of H-pyrrole nitrogens is 1. The fraction of sp³-hybridized carbons (Fsp3) is 0.515. The van der Waals surface area contributed by atoms with Crippen LogP contribution < -0.4 is 15.2 Å². The average Bonchev–Trinajstić information content (AvgIpc) is 3.40. The van der Waals surface area contributed by atoms with Gasteiger partial charge in [0.25, 0.3) is 0 Å². The summed E-state index contributed by atoms with van der Waals surface area (Å²) in [6.07, 6.45) is 2.62. The van der Waals surface area contributed by atoms with E-state index in [9.17, 15) is 24.9 Å². The minimum atomic E-state index is -1.28. The van der Waals surface area contributed by atoms with Crippen LogP contribution in [0, 0.1) is 5.92 Å². The van der Waals surface area contributed by atoms with E-state index in [0.717, 1.165) is 24.4 Å². The number of aliphatic hydroxyl groups excluding tert-OH is 1. The highest BCUT2D eigenvalue weighted by Gasteiger charge is 2.50. The van der Waals surface area contributed by atoms with Crippen LogP contribution in [0.5, 0.6) is 11.5 Å². The summed E-state index contributed by atoms with van der Waals surface area (Å²) in [5.41, 5.74) is 5.66. The molecule has 0 unspecified atom stereocenters. The molecule has 1 aliphatic carbocycles. The normalized spacial score (nSPS) is 26.3. The molecular weight excluding hydrogens is 550 g/mol. The predicted octanol–water partition coefficient (Wildman–Crippen LogP) is 3.62. The molecule has 1 aromatic heterocycles. The molecule has 2 atom stereocenters. The molecule has 1 aliphatic heterocycles. The van der Waals surface area contributed by atoms with Crippen LogP contribution >= 0.6 is 0 Å². The molecule has 0 radical (unpaired) electrons. The fourth-order valence-electron chi connectivity index (χ4n) is 6.88. The van der Waals surface area contributed by atoms with E-state index in [4.69, 9.17) is 15.2 Å². The number of hydrogen-bond acceptors (Lipinski definition) is 7. The molecule has 2 aromatic carbocycles. The van der Waals surface area contributed by atoms with Gasteiger partial charge in [0.15, 0.2) is 0 Å². The maximum atomic E-state index is 13.3. The maximum absolute atomic E-state index is 13.3. The summed E-state index contributed by atoms with van der Waals surface area (Å²) in [6.45, 7) is 4.61. The Morgan fingerprint density at radius 1 is 1.14 bits per heavy atom. The van der Waals surface area contributed by atoms with E-state index >= 15 is 0 Å². The predicted molar refractivity (Wildman–Crippen MR) is 163 cm³/mol. The number of nitrogens with two attached hydrogens (primary N) is 1. The summed E-state index contributed by atoms with van der Waals surface area (Å²) in [7, 11) is 1.62. The number of ether oxygens (including phenoxy) is 2. The van der Waals surface area contributed by atoms with E-state index in [0.29, 0.717) is 67.5 Å². The van der Waals surface area contributed by atoms with Gasteiger partial charge in [0.1, 0.15) is 17.2 Å². The SMILES string of the molecule is COc1cccc(CCOc2cccc3[nH]c(C(=O)O)c(C4(C(N)=O)CCC(O)(CCN5CC[C@H](O)[C@@H](C)C5)CC4)c23)c1. The molecule has 1 saturated carbocycles. The van der Waals surface area contributed by atoms with Crippen LogP contribution in [0.3, 0.4) is 0 Å². The van der Waals surface area contributed by atoms with Gasteiger partial charge in [0.2, 0.25) is 5.91 Å². The number of aromatic amines is 1. The van der Waals surface area contributed by atoms with Gasteiger partial charge < -0.3 is 40.4 Å². The molecule has 3 aromatic rings. The van der Waals surface area contributed by atoms with Gasteiger partial charge in [-0.2, -0.15) is 0 Å². The first kappa shape index (κ1) is 30.8. The number of hydrogen-bond donors (Lipinski definition) is 5. The number of methoxy groups -OCH3 is 1. The number of likely N-dealkylation sites (tertiary alicyclic amines) is 1. The number of aromatic nitrogens is 1. The van der Waals surface area contributed by atoms with E-state index in [2.05, 4.69) is 9.88 Å². The zero-order valence-corrected chi connectivity index (χ0v) is 25.0. The number of primary amides is 1. The molecule has 43 heavy (non-hydrogen) atoms. The van der Waals surface area contributed by atoms with E-state index in [-0.39, 0.29) is 30.6 Å². The lowest BCUT2D eigenvalue weighted by molar-refractivity contribution is -0.127. The molecule has 5 rings (SSSR count). The van der Waals surface area contributed by atoms with Crippen molar-refractivity contribution < 1.29 is 34.4 Å². The minimum Gasteiger partial charge on any atom is -0.497 e. The number of aliphatic hydroxyl groups is 2. The first-order chi connectivity index (χ1) is 20.5. The molecule has 232 valence electrons. The number of nitrogens with one attached hydrogen (secondary N) is 1. The summed E-state index contributed by atoms with van der Waals surface area (Å²) in [6, 6.07) is 13.0. The number of rotatable bonds is 11. The third kappa shape index (κ3) is 6.37. The van der Waals surface area contributed by atoms with Crippen molar-refractivity contribution in [3.8, 4) is 11.5 Å². The monoisotopic (exact) mass is 593 g/mol. The molecule has 0 spiro atoms. The Bertz CT molecular complexity index is 1460. The Morgan fingerprint density at radius 3 is 2.56 bits per heavy atom. The lowest BCUT2D eigenvalue weighted by atomic mass is 9.63. The lowest BCUT2D eigenvalue weighted by Crippen LogP contribution is -2.50. The van der Waals surface area contributed by atoms with Crippen molar-refractivity contribution in [1.29, 1.82) is 0 Å². The Morgan fingerprint density at radius 2 is 1.88 bits per heavy atom. The summed E-state index contributed by atoms with van der Waals surface area (Å²) in [5, 5.41) is 32.4. The molecule has 1 amide bonds. The number of carbonyl (C=O) groups is 2. The molecule has 2 heterocycles. The zero-order valence-electron chi connectivity index (χ0n) is 25.0. The van der Waals surface area contributed by atoms with Crippen molar-refractivity contribution in [2.45, 2.75) is 69.0 Å². The van der Waals surface area contributed by atoms with E-state index in [1.54, 1.807) is 25.3 Å². The van der Waals surface area contributed by atoms with Gasteiger partial charge in [-0.3, -0.25) is 4.79 Å². The number of piperidine rings is 1. The number of nitrogens with zero attached hydrogens (tertiary/aromatic N) is 1. The summed E-state index contributed by atoms with van der Waals surface area (Å²) in [5.74, 6) is -0.384. The van der Waals surface area contributed by atoms with Crippen molar-refractivity contribution >= 4 is 22.8 Å². The second kappa shape index (κ2) is 12.6. The van der Waals surface area contributed by atoms with Gasteiger partial charge in [-0.1, -0.05) is 25.1 Å². The van der Waals surface area contributed by atoms with Gasteiger partial charge in [-0.25, -0.2) is 4.79 Å². The fourth-order valence-corrected chi connectivity index (χ4v) is 6.88. The molecule has 0 bridgehead atoms. The smallest absolute Gasteiger partial charge is 0.352 e. The minimum absolute atomic E-state index is 0.0797. The van der Waals surface area contributed by atoms with Gasteiger partial charge in [-0.05, 0) is 74.3 Å². The number of carboxylic acid groups (broad SMARTS) is 1. The summed E-state index contributed by atoms with van der Waals surface area (Å²) < 4.78 is 11.5. The Balaban J connectivity index is 1.39. The zero-order chi connectivity index (χ0) is 30.8. The van der Waals surface area contributed by atoms with Crippen LogP contribution in [0.1, 0.15) is 67.1 Å². The highest BCUT2D eigenvalue weighted by Crippen LogP contribution is 2.49. The van der Waals surface area contributed by atoms with Gasteiger partial charge in [0.05, 0.1) is 36.4 Å². The third-order valence-electron chi connectivity index (χ3n) is 9.60. The first-order valence-electron chi connectivity index (χ1n) is 15.1. The highest BCUT2D eigenvalue weighted by atomic mass is 16.5. The van der Waals surface area contributed by atoms with Gasteiger partial charge >= 0.3 is 5.97 Å². The maximum Gasteiger partial charge on any atom is 0.352 e. The molecule has 2 aliphatic rings. The number of fused-ring (bicyclic) bond motifs is 1. The van der Waals surface area contributed by atoms with Crippen molar-refractivity contribution in [1.82, 2.24) is 9.88 Å². The Labute approximate surface area is 251 Å². The molecule has 2 fully saturated rings. The van der Waals surface area contributed by atoms with Gasteiger partial charge in [0, 0.05) is 37.0 Å². The number of carbonyl (C=O) groups excluding carboxylic acids is 1. The molecule has 6 N–H and O–H groups in total. The first-order valence-corrected chi connectivity index (χ1v) is 15.1. The Hall–Kier alpha value is -3.60. The van der Waals surface area contributed by atoms with Crippen LogP contribution in [0.2, 0.25) is 0 Å². The molecular formula is C33H43N3O7. The quantitative estimate of drug-likeness (QED) is 0.226. The van der Waals surface area contributed by atoms with Crippen molar-refractivity contribution in [2.75, 3.05) is 33.4 Å². The second-order valence-corrected chi connectivity index (χ2v) is 12.4. The second-order valence-electron chi connectivity index (χ2n) is 12.4. The largest absolute Gasteiger partial charge is 0.497 e. The van der Waals surface area contributed by atoms with E-state index in [1.165, 1.54) is 0 Å². The molecule has 1 saturated heterocycles. The molecule has 10 nitrogen and oxygen atoms in total. The van der Waals surface area contributed by atoms with Gasteiger partial charge in [-0.15, -0.1) is 0 Å². The van der Waals surface area contributed by atoms with Crippen LogP contribution in [-0.2, 0) is 16.6 Å². The van der Waals surface area contributed by atoms with Crippen molar-refractivity contribution in [2.24, 2.45) is 11.7 Å². The van der Waals surface area contributed by atoms with Crippen molar-refractivity contribution in [3.63, 3.8) is 0 Å². The number of aromatic carboxylic acids is 1. The van der Waals surface area contributed by atoms with E-state index in [1.807, 2.05) is 31.2 Å². The average molecular weight is 594 g/mol. The summed E-state index contributed by atoms with van der Waals surface area (Å²) in [4.78, 5) is 31.1. The summed E-state index contributed by atoms with van der Waals surface area (Å²) >= 11 is 0. The molecule has 10 heteroatoms. The van der Waals surface area contributed by atoms with Crippen LogP contribution in [0.4, 0.5) is 0 Å². The standard InChI is InChI=1S/C33H43N3O7/c1-21-20-36(16-9-25(21)37)17-15-32(41)11-13-33(14-12-32,31(34)40)28-27-24(35-29(28)30(38)39)7-4-8-26(27)43-18-10-22-5-3-6-23(19-22)42-2/h3-8,19,21,25,35,37,41H,9-18,20H2,1-2H3,(H2,34,40)(H,38,39)/t21-,25-,32?,33?/m0/s1. The topological polar surface area (TPSA) is 158 Å². The number of carboxylic acids is 1. The van der Waals surface area contributed by atoms with Crippen LogP contribution in [0.15, 0.2) is 42.5 Å². The number of benzene rings is 2. The Kier molecular flexibility index (Phi) is 9.01. The van der Waals surface area contributed by atoms with Crippen LogP contribution in [0.25, 0.3) is 10.9 Å². The third-order valence-corrected chi connectivity index (χ3v) is 9.60. The number of amides is 1. The van der Waals surface area contributed by atoms with E-state index < -0.39 is 22.9 Å². The van der Waals surface area contributed by atoms with Crippen molar-refractivity contribution in [3.05, 3.63) is 59.3 Å². The highest BCUT2D eigenvalue weighted by molar-refractivity contribution is 6.05. The lowest BCUT2D eigenvalue weighted by Gasteiger charge is -2.44.